The summed E-state index contributed by atoms with van der Waals surface area (Å²) < 4.78 is 23.3. The molecule has 16 heavy (non-hydrogen) atoms. The van der Waals surface area contributed by atoms with Crippen LogP contribution < -0.4 is 5.32 Å². The highest BCUT2D eigenvalue weighted by atomic mass is 32.2. The van der Waals surface area contributed by atoms with Crippen molar-refractivity contribution in [2.75, 3.05) is 32.4 Å². The Morgan fingerprint density at radius 3 is 2.75 bits per heavy atom. The number of piperidine rings is 1. The van der Waals surface area contributed by atoms with E-state index in [9.17, 15) is 8.42 Å². The van der Waals surface area contributed by atoms with Gasteiger partial charge in [0, 0.05) is 19.1 Å². The van der Waals surface area contributed by atoms with Gasteiger partial charge in [0.2, 0.25) is 0 Å². The molecule has 2 unspecified atom stereocenters. The second-order valence-electron chi connectivity index (χ2n) is 5.14. The molecular weight excluding hydrogens is 224 g/mol. The molecular formula is C11H22N2O2S. The molecule has 0 aromatic rings. The van der Waals surface area contributed by atoms with Crippen LogP contribution in [-0.2, 0) is 9.84 Å². The van der Waals surface area contributed by atoms with Crippen molar-refractivity contribution in [1.29, 1.82) is 0 Å². The van der Waals surface area contributed by atoms with E-state index in [1.165, 1.54) is 19.4 Å². The maximum absolute atomic E-state index is 11.6. The number of sulfone groups is 1. The van der Waals surface area contributed by atoms with Gasteiger partial charge in [-0.3, -0.25) is 0 Å². The monoisotopic (exact) mass is 246 g/mol. The summed E-state index contributed by atoms with van der Waals surface area (Å²) in [4.78, 5) is 2.31. The molecule has 2 atom stereocenters. The predicted molar refractivity (Wildman–Crippen MR) is 65.3 cm³/mol. The molecule has 2 fully saturated rings. The molecule has 2 aliphatic heterocycles. The smallest absolute Gasteiger partial charge is 0.154 e. The van der Waals surface area contributed by atoms with Gasteiger partial charge in [-0.05, 0) is 39.3 Å². The second kappa shape index (κ2) is 5.02. The van der Waals surface area contributed by atoms with Gasteiger partial charge in [-0.15, -0.1) is 0 Å². The number of likely N-dealkylation sites (tertiary alicyclic amines) is 1. The third-order valence-electron chi connectivity index (χ3n) is 3.72. The van der Waals surface area contributed by atoms with E-state index < -0.39 is 9.84 Å². The number of nitrogens with one attached hydrogen (secondary N) is 1. The number of nitrogens with zero attached hydrogens (tertiary/aromatic N) is 1. The van der Waals surface area contributed by atoms with Gasteiger partial charge < -0.3 is 10.2 Å². The SMILES string of the molecule is CN1CCCC(NCC2CCCS2(=O)=O)C1. The third-order valence-corrected chi connectivity index (χ3v) is 6.00. The van der Waals surface area contributed by atoms with Gasteiger partial charge in [-0.25, -0.2) is 8.42 Å². The lowest BCUT2D eigenvalue weighted by atomic mass is 10.1. The fourth-order valence-corrected chi connectivity index (χ4v) is 4.50. The predicted octanol–water partition coefficient (Wildman–Crippen LogP) is 0.247. The molecule has 0 aliphatic carbocycles. The van der Waals surface area contributed by atoms with E-state index in [-0.39, 0.29) is 5.25 Å². The largest absolute Gasteiger partial charge is 0.311 e. The lowest BCUT2D eigenvalue weighted by Crippen LogP contribution is -2.46. The Bertz CT molecular complexity index is 329. The van der Waals surface area contributed by atoms with E-state index in [4.69, 9.17) is 0 Å². The summed E-state index contributed by atoms with van der Waals surface area (Å²) in [5.74, 6) is 0.393. The van der Waals surface area contributed by atoms with Gasteiger partial charge in [0.05, 0.1) is 11.0 Å². The zero-order valence-electron chi connectivity index (χ0n) is 9.98. The van der Waals surface area contributed by atoms with Crippen LogP contribution in [0, 0.1) is 0 Å². The molecule has 94 valence electrons. The van der Waals surface area contributed by atoms with Crippen molar-refractivity contribution in [3.05, 3.63) is 0 Å². The highest BCUT2D eigenvalue weighted by Gasteiger charge is 2.31. The van der Waals surface area contributed by atoms with Crippen molar-refractivity contribution in [3.8, 4) is 0 Å². The lowest BCUT2D eigenvalue weighted by Gasteiger charge is -2.31. The van der Waals surface area contributed by atoms with E-state index in [0.29, 0.717) is 18.3 Å². The van der Waals surface area contributed by atoms with Gasteiger partial charge in [-0.1, -0.05) is 0 Å². The second-order valence-corrected chi connectivity index (χ2v) is 7.54. The lowest BCUT2D eigenvalue weighted by molar-refractivity contribution is 0.227. The molecule has 0 spiro atoms. The summed E-state index contributed by atoms with van der Waals surface area (Å²) in [7, 11) is -0.652. The highest BCUT2D eigenvalue weighted by Crippen LogP contribution is 2.19. The van der Waals surface area contributed by atoms with Gasteiger partial charge >= 0.3 is 0 Å². The average Bonchev–Trinajstić information content (AvgIpc) is 2.55. The van der Waals surface area contributed by atoms with Crippen LogP contribution >= 0.6 is 0 Å². The molecule has 4 nitrogen and oxygen atoms in total. The quantitative estimate of drug-likeness (QED) is 0.775. The number of rotatable bonds is 3. The third kappa shape index (κ3) is 2.96. The first-order valence-corrected chi connectivity index (χ1v) is 7.93. The summed E-state index contributed by atoms with van der Waals surface area (Å²) in [6.45, 7) is 2.87. The van der Waals surface area contributed by atoms with Crippen LogP contribution in [0.1, 0.15) is 25.7 Å². The van der Waals surface area contributed by atoms with Gasteiger partial charge in [0.25, 0.3) is 0 Å². The Labute approximate surface area is 98.3 Å². The zero-order valence-corrected chi connectivity index (χ0v) is 10.8. The molecule has 2 saturated heterocycles. The van der Waals surface area contributed by atoms with Crippen LogP contribution in [0.15, 0.2) is 0 Å². The summed E-state index contributed by atoms with van der Waals surface area (Å²) in [6.07, 6.45) is 4.08. The normalized spacial score (nSPS) is 35.3. The minimum Gasteiger partial charge on any atom is -0.311 e. The molecule has 0 saturated carbocycles. The minimum atomic E-state index is -2.78. The molecule has 5 heteroatoms. The van der Waals surface area contributed by atoms with E-state index in [1.807, 2.05) is 0 Å². The number of likely N-dealkylation sites (N-methyl/N-ethyl adjacent to an activating group) is 1. The summed E-state index contributed by atoms with van der Waals surface area (Å²) in [5, 5.41) is 3.30. The molecule has 0 aromatic heterocycles. The number of hydrogen-bond acceptors (Lipinski definition) is 4. The maximum atomic E-state index is 11.6. The molecule has 0 bridgehead atoms. The van der Waals surface area contributed by atoms with Crippen molar-refractivity contribution >= 4 is 9.84 Å². The maximum Gasteiger partial charge on any atom is 0.154 e. The number of hydrogen-bond donors (Lipinski definition) is 1. The standard InChI is InChI=1S/C11H22N2O2S/c1-13-6-2-4-10(9-13)12-8-11-5-3-7-16(11,14)15/h10-12H,2-9H2,1H3. The van der Waals surface area contributed by atoms with Crippen molar-refractivity contribution in [2.45, 2.75) is 37.0 Å². The van der Waals surface area contributed by atoms with Gasteiger partial charge in [0.1, 0.15) is 0 Å². The van der Waals surface area contributed by atoms with Gasteiger partial charge in [0.15, 0.2) is 9.84 Å². The Hall–Kier alpha value is -0.130. The summed E-state index contributed by atoms with van der Waals surface area (Å²) in [6, 6.07) is 0.481. The highest BCUT2D eigenvalue weighted by molar-refractivity contribution is 7.92. The first-order chi connectivity index (χ1) is 7.58. The Balaban J connectivity index is 1.79. The van der Waals surface area contributed by atoms with E-state index >= 15 is 0 Å². The van der Waals surface area contributed by atoms with E-state index in [1.54, 1.807) is 0 Å². The van der Waals surface area contributed by atoms with Crippen molar-refractivity contribution in [3.63, 3.8) is 0 Å². The van der Waals surface area contributed by atoms with Crippen LogP contribution in [0.3, 0.4) is 0 Å². The topological polar surface area (TPSA) is 49.4 Å². The Morgan fingerprint density at radius 2 is 2.12 bits per heavy atom. The van der Waals surface area contributed by atoms with E-state index in [0.717, 1.165) is 19.4 Å². The van der Waals surface area contributed by atoms with Crippen LogP contribution in [0.4, 0.5) is 0 Å². The molecule has 2 aliphatic rings. The Kier molecular flexibility index (Phi) is 3.87. The van der Waals surface area contributed by atoms with Crippen LogP contribution in [0.5, 0.6) is 0 Å². The van der Waals surface area contributed by atoms with Crippen LogP contribution in [0.2, 0.25) is 0 Å². The van der Waals surface area contributed by atoms with Crippen molar-refractivity contribution < 1.29 is 8.42 Å². The van der Waals surface area contributed by atoms with Crippen LogP contribution in [-0.4, -0.2) is 57.0 Å². The average molecular weight is 246 g/mol. The molecule has 2 heterocycles. The molecule has 2 rings (SSSR count). The molecule has 1 N–H and O–H groups in total. The molecule has 0 radical (unpaired) electrons. The fourth-order valence-electron chi connectivity index (χ4n) is 2.72. The summed E-state index contributed by atoms with van der Waals surface area (Å²) >= 11 is 0. The molecule has 0 amide bonds. The summed E-state index contributed by atoms with van der Waals surface area (Å²) in [5.41, 5.74) is 0. The molecule has 0 aromatic carbocycles. The van der Waals surface area contributed by atoms with Crippen molar-refractivity contribution in [2.24, 2.45) is 0 Å². The van der Waals surface area contributed by atoms with Crippen molar-refractivity contribution in [1.82, 2.24) is 10.2 Å². The fraction of sp³-hybridized carbons (Fsp3) is 1.00. The minimum absolute atomic E-state index is 0.125. The zero-order chi connectivity index (χ0) is 11.6. The first kappa shape index (κ1) is 12.3. The first-order valence-electron chi connectivity index (χ1n) is 6.21. The van der Waals surface area contributed by atoms with Crippen LogP contribution in [0.25, 0.3) is 0 Å². The van der Waals surface area contributed by atoms with E-state index in [2.05, 4.69) is 17.3 Å². The Morgan fingerprint density at radius 1 is 1.31 bits per heavy atom. The van der Waals surface area contributed by atoms with Gasteiger partial charge in [-0.2, -0.15) is 0 Å².